The Morgan fingerprint density at radius 2 is 2.40 bits per heavy atom. The molecule has 1 saturated heterocycles. The molecule has 1 aliphatic rings. The summed E-state index contributed by atoms with van der Waals surface area (Å²) in [7, 11) is 0. The van der Waals surface area contributed by atoms with E-state index in [9.17, 15) is 0 Å². The third kappa shape index (κ3) is 1.61. The minimum Gasteiger partial charge on any atom is -0.309 e. The number of hydrogen-bond donors (Lipinski definition) is 1. The molecule has 3 rings (SSSR count). The summed E-state index contributed by atoms with van der Waals surface area (Å²) in [6, 6.07) is 2.37. The quantitative estimate of drug-likeness (QED) is 0.762. The fourth-order valence-electron chi connectivity index (χ4n) is 2.14. The predicted molar refractivity (Wildman–Crippen MR) is 57.6 cm³/mol. The Morgan fingerprint density at radius 3 is 3.20 bits per heavy atom. The van der Waals surface area contributed by atoms with Crippen molar-refractivity contribution in [3.8, 4) is 0 Å². The number of nitrogens with one attached hydrogen (secondary N) is 1. The first-order chi connectivity index (χ1) is 7.43. The van der Waals surface area contributed by atoms with Crippen molar-refractivity contribution in [2.75, 3.05) is 6.54 Å². The SMILES string of the molecule is c1cc2nc(C3CCCCN3)cn2cn1. The molecule has 15 heavy (non-hydrogen) atoms. The van der Waals surface area contributed by atoms with Crippen molar-refractivity contribution >= 4 is 5.65 Å². The summed E-state index contributed by atoms with van der Waals surface area (Å²) >= 11 is 0. The topological polar surface area (TPSA) is 42.2 Å². The number of fused-ring (bicyclic) bond motifs is 1. The van der Waals surface area contributed by atoms with Crippen molar-refractivity contribution in [3.05, 3.63) is 30.5 Å². The van der Waals surface area contributed by atoms with Gasteiger partial charge in [-0.2, -0.15) is 0 Å². The molecule has 1 N–H and O–H groups in total. The maximum atomic E-state index is 4.60. The van der Waals surface area contributed by atoms with E-state index in [4.69, 9.17) is 0 Å². The zero-order valence-corrected chi connectivity index (χ0v) is 8.56. The van der Waals surface area contributed by atoms with E-state index in [0.29, 0.717) is 6.04 Å². The van der Waals surface area contributed by atoms with Crippen LogP contribution < -0.4 is 5.32 Å². The standard InChI is InChI=1S/C11H14N4/c1-2-5-13-9(3-1)10-7-15-8-12-6-4-11(15)14-10/h4,6-9,13H,1-3,5H2. The lowest BCUT2D eigenvalue weighted by Crippen LogP contribution is -2.26. The van der Waals surface area contributed by atoms with E-state index >= 15 is 0 Å². The van der Waals surface area contributed by atoms with Crippen LogP contribution in [0.5, 0.6) is 0 Å². The molecule has 0 saturated carbocycles. The Bertz CT molecular complexity index is 423. The van der Waals surface area contributed by atoms with Gasteiger partial charge in [-0.3, -0.25) is 4.40 Å². The van der Waals surface area contributed by atoms with Gasteiger partial charge in [-0.15, -0.1) is 0 Å². The molecule has 0 amide bonds. The van der Waals surface area contributed by atoms with Crippen LogP contribution in [0.15, 0.2) is 24.8 Å². The van der Waals surface area contributed by atoms with Crippen molar-refractivity contribution in [1.82, 2.24) is 19.7 Å². The van der Waals surface area contributed by atoms with Crippen LogP contribution in [0.3, 0.4) is 0 Å². The molecule has 0 bridgehead atoms. The van der Waals surface area contributed by atoms with Crippen LogP contribution in [0.1, 0.15) is 31.0 Å². The Balaban J connectivity index is 1.96. The highest BCUT2D eigenvalue weighted by Gasteiger charge is 2.17. The first-order valence-corrected chi connectivity index (χ1v) is 5.45. The summed E-state index contributed by atoms with van der Waals surface area (Å²) in [6.45, 7) is 1.11. The van der Waals surface area contributed by atoms with Gasteiger partial charge in [-0.05, 0) is 25.5 Å². The number of piperidine rings is 1. The molecular formula is C11H14N4. The first-order valence-electron chi connectivity index (χ1n) is 5.45. The minimum atomic E-state index is 0.429. The molecule has 1 fully saturated rings. The first kappa shape index (κ1) is 8.85. The van der Waals surface area contributed by atoms with Gasteiger partial charge in [0.25, 0.3) is 0 Å². The second-order valence-electron chi connectivity index (χ2n) is 4.01. The Morgan fingerprint density at radius 1 is 1.40 bits per heavy atom. The van der Waals surface area contributed by atoms with E-state index < -0.39 is 0 Å². The summed E-state index contributed by atoms with van der Waals surface area (Å²) in [6.07, 6.45) is 9.42. The highest BCUT2D eigenvalue weighted by Crippen LogP contribution is 2.21. The van der Waals surface area contributed by atoms with Crippen LogP contribution in [0.4, 0.5) is 0 Å². The van der Waals surface area contributed by atoms with E-state index in [1.54, 1.807) is 12.5 Å². The maximum Gasteiger partial charge on any atom is 0.139 e. The highest BCUT2D eigenvalue weighted by molar-refractivity contribution is 5.38. The average molecular weight is 202 g/mol. The zero-order valence-electron chi connectivity index (χ0n) is 8.56. The maximum absolute atomic E-state index is 4.60. The summed E-state index contributed by atoms with van der Waals surface area (Å²) < 4.78 is 1.98. The minimum absolute atomic E-state index is 0.429. The molecular weight excluding hydrogens is 188 g/mol. The van der Waals surface area contributed by atoms with E-state index in [0.717, 1.165) is 17.9 Å². The number of aromatic nitrogens is 3. The molecule has 1 unspecified atom stereocenters. The lowest BCUT2D eigenvalue weighted by atomic mass is 10.0. The molecule has 4 nitrogen and oxygen atoms in total. The van der Waals surface area contributed by atoms with Gasteiger partial charge in [0.05, 0.1) is 11.7 Å². The molecule has 0 radical (unpaired) electrons. The highest BCUT2D eigenvalue weighted by atomic mass is 15.1. The molecule has 4 heteroatoms. The van der Waals surface area contributed by atoms with Gasteiger partial charge in [0.1, 0.15) is 12.0 Å². The zero-order chi connectivity index (χ0) is 10.1. The van der Waals surface area contributed by atoms with Crippen LogP contribution in [0.2, 0.25) is 0 Å². The molecule has 2 aromatic rings. The summed E-state index contributed by atoms with van der Waals surface area (Å²) in [5.74, 6) is 0. The lowest BCUT2D eigenvalue weighted by molar-refractivity contribution is 0.406. The molecule has 78 valence electrons. The molecule has 0 aromatic carbocycles. The van der Waals surface area contributed by atoms with Gasteiger partial charge < -0.3 is 5.32 Å². The van der Waals surface area contributed by atoms with Gasteiger partial charge in [-0.1, -0.05) is 6.42 Å². The normalized spacial score (nSPS) is 22.0. The largest absolute Gasteiger partial charge is 0.309 e. The second-order valence-corrected chi connectivity index (χ2v) is 4.01. The Kier molecular flexibility index (Phi) is 2.14. The van der Waals surface area contributed by atoms with Crippen LogP contribution in [0.25, 0.3) is 5.65 Å². The van der Waals surface area contributed by atoms with E-state index in [1.165, 1.54) is 19.3 Å². The molecule has 1 aliphatic heterocycles. The van der Waals surface area contributed by atoms with E-state index in [2.05, 4.69) is 21.5 Å². The average Bonchev–Trinajstić information content (AvgIpc) is 2.74. The van der Waals surface area contributed by atoms with Gasteiger partial charge in [0.15, 0.2) is 0 Å². The number of rotatable bonds is 1. The number of hydrogen-bond acceptors (Lipinski definition) is 3. The Hall–Kier alpha value is -1.42. The fourth-order valence-corrected chi connectivity index (χ4v) is 2.14. The summed E-state index contributed by atoms with van der Waals surface area (Å²) in [5.41, 5.74) is 2.12. The fraction of sp³-hybridized carbons (Fsp3) is 0.455. The smallest absolute Gasteiger partial charge is 0.139 e. The molecule has 3 heterocycles. The number of nitrogens with zero attached hydrogens (tertiary/aromatic N) is 3. The Labute approximate surface area is 88.4 Å². The van der Waals surface area contributed by atoms with Crippen LogP contribution in [0, 0.1) is 0 Å². The number of imidazole rings is 1. The van der Waals surface area contributed by atoms with Crippen molar-refractivity contribution in [3.63, 3.8) is 0 Å². The van der Waals surface area contributed by atoms with Gasteiger partial charge >= 0.3 is 0 Å². The van der Waals surface area contributed by atoms with Crippen molar-refractivity contribution in [1.29, 1.82) is 0 Å². The third-order valence-electron chi connectivity index (χ3n) is 2.95. The van der Waals surface area contributed by atoms with Crippen molar-refractivity contribution in [2.24, 2.45) is 0 Å². The molecule has 0 spiro atoms. The third-order valence-corrected chi connectivity index (χ3v) is 2.95. The summed E-state index contributed by atoms with van der Waals surface area (Å²) in [5, 5.41) is 3.50. The van der Waals surface area contributed by atoms with Gasteiger partial charge in [0, 0.05) is 12.4 Å². The van der Waals surface area contributed by atoms with Crippen LogP contribution >= 0.6 is 0 Å². The van der Waals surface area contributed by atoms with Crippen LogP contribution in [-0.4, -0.2) is 20.9 Å². The van der Waals surface area contributed by atoms with Crippen LogP contribution in [-0.2, 0) is 0 Å². The van der Waals surface area contributed by atoms with Crippen molar-refractivity contribution < 1.29 is 0 Å². The predicted octanol–water partition coefficient (Wildman–Crippen LogP) is 1.54. The monoisotopic (exact) mass is 202 g/mol. The second kappa shape index (κ2) is 3.62. The van der Waals surface area contributed by atoms with Crippen molar-refractivity contribution in [2.45, 2.75) is 25.3 Å². The van der Waals surface area contributed by atoms with E-state index in [-0.39, 0.29) is 0 Å². The molecule has 0 aliphatic carbocycles. The molecule has 2 aromatic heterocycles. The van der Waals surface area contributed by atoms with Gasteiger partial charge in [-0.25, -0.2) is 9.97 Å². The van der Waals surface area contributed by atoms with Gasteiger partial charge in [0.2, 0.25) is 0 Å². The lowest BCUT2D eigenvalue weighted by Gasteiger charge is -2.21. The summed E-state index contributed by atoms with van der Waals surface area (Å²) in [4.78, 5) is 8.67. The molecule has 1 atom stereocenters. The van der Waals surface area contributed by atoms with E-state index in [1.807, 2.05) is 10.5 Å².